The summed E-state index contributed by atoms with van der Waals surface area (Å²) in [6, 6.07) is 3.91. The molecule has 0 unspecified atom stereocenters. The van der Waals surface area contributed by atoms with Gasteiger partial charge in [0.15, 0.2) is 11.5 Å². The number of amides is 1. The minimum atomic E-state index is -0.0206. The predicted octanol–water partition coefficient (Wildman–Crippen LogP) is 1.04. The Morgan fingerprint density at radius 2 is 2.20 bits per heavy atom. The molecule has 0 fully saturated rings. The summed E-state index contributed by atoms with van der Waals surface area (Å²) in [6.07, 6.45) is 0. The van der Waals surface area contributed by atoms with Gasteiger partial charge in [-0.2, -0.15) is 0 Å². The van der Waals surface area contributed by atoms with Crippen molar-refractivity contribution in [3.05, 3.63) is 17.7 Å². The van der Waals surface area contributed by atoms with E-state index in [4.69, 9.17) is 14.2 Å². The van der Waals surface area contributed by atoms with Crippen molar-refractivity contribution in [3.8, 4) is 17.2 Å². The van der Waals surface area contributed by atoms with E-state index < -0.39 is 0 Å². The van der Waals surface area contributed by atoms with Gasteiger partial charge in [-0.25, -0.2) is 0 Å². The van der Waals surface area contributed by atoms with E-state index in [-0.39, 0.29) is 25.3 Å². The second-order valence-corrected chi connectivity index (χ2v) is 4.86. The molecule has 1 aromatic rings. The molecule has 20 heavy (non-hydrogen) atoms. The zero-order valence-electron chi connectivity index (χ0n) is 12.0. The number of carbonyl (C=O) groups is 1. The zero-order chi connectivity index (χ0) is 14.5. The monoisotopic (exact) mass is 280 g/mol. The molecule has 1 aliphatic rings. The SMILES string of the molecule is COc1cc(CNCC(=O)NC(C)C)cc2c1OCO2. The lowest BCUT2D eigenvalue weighted by molar-refractivity contribution is -0.120. The second kappa shape index (κ2) is 6.47. The fourth-order valence-corrected chi connectivity index (χ4v) is 1.98. The van der Waals surface area contributed by atoms with E-state index in [1.54, 1.807) is 7.11 Å². The molecular formula is C14H20N2O4. The summed E-state index contributed by atoms with van der Waals surface area (Å²) in [6.45, 7) is 4.90. The molecule has 2 rings (SSSR count). The van der Waals surface area contributed by atoms with E-state index in [1.165, 1.54) is 0 Å². The summed E-state index contributed by atoms with van der Waals surface area (Å²) in [5.41, 5.74) is 0.975. The Hall–Kier alpha value is -1.95. The van der Waals surface area contributed by atoms with Crippen molar-refractivity contribution in [2.45, 2.75) is 26.4 Å². The fourth-order valence-electron chi connectivity index (χ4n) is 1.98. The molecule has 0 spiro atoms. The molecule has 6 heteroatoms. The van der Waals surface area contributed by atoms with E-state index in [2.05, 4.69) is 10.6 Å². The van der Waals surface area contributed by atoms with Crippen LogP contribution < -0.4 is 24.8 Å². The maximum atomic E-state index is 11.5. The fraction of sp³-hybridized carbons (Fsp3) is 0.500. The molecule has 0 radical (unpaired) electrons. The van der Waals surface area contributed by atoms with Gasteiger partial charge in [-0.1, -0.05) is 0 Å². The number of methoxy groups -OCH3 is 1. The number of carbonyl (C=O) groups excluding carboxylic acids is 1. The molecule has 110 valence electrons. The maximum absolute atomic E-state index is 11.5. The van der Waals surface area contributed by atoms with Crippen LogP contribution in [-0.2, 0) is 11.3 Å². The van der Waals surface area contributed by atoms with Gasteiger partial charge >= 0.3 is 0 Å². The van der Waals surface area contributed by atoms with Gasteiger partial charge in [-0.3, -0.25) is 4.79 Å². The van der Waals surface area contributed by atoms with Gasteiger partial charge in [0.1, 0.15) is 0 Å². The van der Waals surface area contributed by atoms with Gasteiger partial charge in [0.05, 0.1) is 13.7 Å². The molecule has 0 atom stereocenters. The summed E-state index contributed by atoms with van der Waals surface area (Å²) in [5, 5.41) is 5.91. The van der Waals surface area contributed by atoms with Crippen LogP contribution in [0.1, 0.15) is 19.4 Å². The molecule has 1 heterocycles. The van der Waals surface area contributed by atoms with E-state index >= 15 is 0 Å². The Kier molecular flexibility index (Phi) is 4.68. The number of fused-ring (bicyclic) bond motifs is 1. The lowest BCUT2D eigenvalue weighted by Gasteiger charge is -2.11. The second-order valence-electron chi connectivity index (χ2n) is 4.86. The molecule has 1 aromatic carbocycles. The maximum Gasteiger partial charge on any atom is 0.234 e. The van der Waals surface area contributed by atoms with Crippen molar-refractivity contribution in [2.75, 3.05) is 20.4 Å². The van der Waals surface area contributed by atoms with Gasteiger partial charge in [0, 0.05) is 12.6 Å². The first-order valence-corrected chi connectivity index (χ1v) is 6.56. The van der Waals surface area contributed by atoms with Crippen molar-refractivity contribution in [3.63, 3.8) is 0 Å². The Morgan fingerprint density at radius 3 is 2.90 bits per heavy atom. The topological polar surface area (TPSA) is 68.8 Å². The highest BCUT2D eigenvalue weighted by molar-refractivity contribution is 5.78. The highest BCUT2D eigenvalue weighted by atomic mass is 16.7. The van der Waals surface area contributed by atoms with Crippen molar-refractivity contribution in [1.82, 2.24) is 10.6 Å². The van der Waals surface area contributed by atoms with Crippen LogP contribution in [-0.4, -0.2) is 32.4 Å². The molecule has 0 aromatic heterocycles. The van der Waals surface area contributed by atoms with Crippen LogP contribution in [0.4, 0.5) is 0 Å². The smallest absolute Gasteiger partial charge is 0.234 e. The lowest BCUT2D eigenvalue weighted by atomic mass is 10.2. The van der Waals surface area contributed by atoms with Gasteiger partial charge in [-0.05, 0) is 31.5 Å². The number of hydrogen-bond donors (Lipinski definition) is 2. The van der Waals surface area contributed by atoms with E-state index in [0.29, 0.717) is 23.8 Å². The van der Waals surface area contributed by atoms with Crippen LogP contribution in [0, 0.1) is 0 Å². The summed E-state index contributed by atoms with van der Waals surface area (Å²) in [4.78, 5) is 11.5. The molecule has 1 aliphatic heterocycles. The number of benzene rings is 1. The third-order valence-electron chi connectivity index (χ3n) is 2.78. The van der Waals surface area contributed by atoms with Gasteiger partial charge < -0.3 is 24.8 Å². The Labute approximate surface area is 118 Å². The summed E-state index contributed by atoms with van der Waals surface area (Å²) in [7, 11) is 1.59. The van der Waals surface area contributed by atoms with E-state index in [0.717, 1.165) is 5.56 Å². The molecule has 6 nitrogen and oxygen atoms in total. The largest absolute Gasteiger partial charge is 0.493 e. The number of nitrogens with one attached hydrogen (secondary N) is 2. The van der Waals surface area contributed by atoms with Crippen molar-refractivity contribution in [1.29, 1.82) is 0 Å². The Bertz CT molecular complexity index is 488. The van der Waals surface area contributed by atoms with E-state index in [1.807, 2.05) is 26.0 Å². The van der Waals surface area contributed by atoms with E-state index in [9.17, 15) is 4.79 Å². The van der Waals surface area contributed by atoms with Gasteiger partial charge in [-0.15, -0.1) is 0 Å². The van der Waals surface area contributed by atoms with Crippen molar-refractivity contribution in [2.24, 2.45) is 0 Å². The van der Waals surface area contributed by atoms with Gasteiger partial charge in [0.25, 0.3) is 0 Å². The molecule has 1 amide bonds. The Morgan fingerprint density at radius 1 is 1.40 bits per heavy atom. The van der Waals surface area contributed by atoms with Crippen molar-refractivity contribution < 1.29 is 19.0 Å². The summed E-state index contributed by atoms with van der Waals surface area (Å²) in [5.74, 6) is 1.93. The number of hydrogen-bond acceptors (Lipinski definition) is 5. The predicted molar refractivity (Wildman–Crippen MR) is 74.1 cm³/mol. The summed E-state index contributed by atoms with van der Waals surface area (Å²) < 4.78 is 15.9. The quantitative estimate of drug-likeness (QED) is 0.815. The van der Waals surface area contributed by atoms with Crippen LogP contribution in [0.2, 0.25) is 0 Å². The third kappa shape index (κ3) is 3.54. The molecule has 0 saturated carbocycles. The highest BCUT2D eigenvalue weighted by Crippen LogP contribution is 2.41. The van der Waals surface area contributed by atoms with Crippen LogP contribution in [0.15, 0.2) is 12.1 Å². The molecular weight excluding hydrogens is 260 g/mol. The molecule has 0 bridgehead atoms. The lowest BCUT2D eigenvalue weighted by Crippen LogP contribution is -2.37. The standard InChI is InChI=1S/C14H20N2O4/c1-9(2)16-13(17)7-15-6-10-4-11(18-3)14-12(5-10)19-8-20-14/h4-5,9,15H,6-8H2,1-3H3,(H,16,17). The third-order valence-corrected chi connectivity index (χ3v) is 2.78. The highest BCUT2D eigenvalue weighted by Gasteiger charge is 2.19. The first-order chi connectivity index (χ1) is 9.60. The van der Waals surface area contributed by atoms with Crippen LogP contribution in [0.5, 0.6) is 17.2 Å². The molecule has 0 aliphatic carbocycles. The first kappa shape index (κ1) is 14.5. The minimum absolute atomic E-state index is 0.0206. The Balaban J connectivity index is 1.92. The zero-order valence-corrected chi connectivity index (χ0v) is 12.0. The van der Waals surface area contributed by atoms with Crippen LogP contribution in [0.3, 0.4) is 0 Å². The average Bonchev–Trinajstić information content (AvgIpc) is 2.85. The van der Waals surface area contributed by atoms with Crippen LogP contribution in [0.25, 0.3) is 0 Å². The average molecular weight is 280 g/mol. The number of ether oxygens (including phenoxy) is 3. The normalized spacial score (nSPS) is 12.6. The first-order valence-electron chi connectivity index (χ1n) is 6.56. The van der Waals surface area contributed by atoms with Crippen LogP contribution >= 0.6 is 0 Å². The summed E-state index contributed by atoms with van der Waals surface area (Å²) >= 11 is 0. The van der Waals surface area contributed by atoms with Gasteiger partial charge in [0.2, 0.25) is 18.4 Å². The minimum Gasteiger partial charge on any atom is -0.493 e. The molecule has 0 saturated heterocycles. The number of rotatable bonds is 6. The van der Waals surface area contributed by atoms with Crippen molar-refractivity contribution >= 4 is 5.91 Å². The molecule has 2 N–H and O–H groups in total.